The maximum Gasteiger partial charge on any atom is 0.253 e. The highest BCUT2D eigenvalue weighted by Gasteiger charge is 2.26. The molecule has 0 aromatic heterocycles. The minimum atomic E-state index is -3.64. The van der Waals surface area contributed by atoms with Crippen molar-refractivity contribution in [1.82, 2.24) is 20.5 Å². The number of nitrogens with zero attached hydrogens (tertiary/aromatic N) is 1. The minimum Gasteiger partial charge on any atom is -0.342 e. The van der Waals surface area contributed by atoms with Crippen molar-refractivity contribution in [2.45, 2.75) is 68.0 Å². The first kappa shape index (κ1) is 24.8. The van der Waals surface area contributed by atoms with Crippen molar-refractivity contribution < 1.29 is 17.6 Å². The van der Waals surface area contributed by atoms with Crippen LogP contribution in [0.3, 0.4) is 0 Å². The lowest BCUT2D eigenvalue weighted by Gasteiger charge is -2.19. The summed E-state index contributed by atoms with van der Waals surface area (Å²) in [5.41, 5.74) is 7.77. The van der Waals surface area contributed by atoms with E-state index in [4.69, 9.17) is 0 Å². The molecule has 1 saturated carbocycles. The summed E-state index contributed by atoms with van der Waals surface area (Å²) in [7, 11) is -1.91. The van der Waals surface area contributed by atoms with Gasteiger partial charge in [-0.2, -0.15) is 0 Å². The lowest BCUT2D eigenvalue weighted by molar-refractivity contribution is 0.0791. The van der Waals surface area contributed by atoms with Gasteiger partial charge >= 0.3 is 0 Å². The van der Waals surface area contributed by atoms with Crippen molar-refractivity contribution in [1.29, 1.82) is 0 Å². The van der Waals surface area contributed by atoms with Gasteiger partial charge in [-0.25, -0.2) is 17.5 Å². The summed E-state index contributed by atoms with van der Waals surface area (Å²) < 4.78 is 41.7. The summed E-state index contributed by atoms with van der Waals surface area (Å²) in [5, 5.41) is 0. The molecular weight excluding hydrogens is 455 g/mol. The molecule has 7 nitrogen and oxygen atoms in total. The van der Waals surface area contributed by atoms with E-state index in [1.54, 1.807) is 36.2 Å². The molecule has 4 rings (SSSR count). The van der Waals surface area contributed by atoms with E-state index in [-0.39, 0.29) is 34.7 Å². The van der Waals surface area contributed by atoms with Crippen LogP contribution in [-0.4, -0.2) is 44.9 Å². The zero-order chi connectivity index (χ0) is 24.1. The first-order chi connectivity index (χ1) is 16.3. The van der Waals surface area contributed by atoms with E-state index in [0.29, 0.717) is 12.1 Å². The Morgan fingerprint density at radius 3 is 2.65 bits per heavy atom. The SMILES string of the molecule is CN(CCCC1CC(c2cccc(F)c2)NN1)C(=O)c1cccc(S(=O)(=O)NC2CCCC2)c1. The summed E-state index contributed by atoms with van der Waals surface area (Å²) in [6.45, 7) is 0.555. The lowest BCUT2D eigenvalue weighted by atomic mass is 9.99. The van der Waals surface area contributed by atoms with Crippen molar-refractivity contribution in [2.75, 3.05) is 13.6 Å². The molecule has 1 heterocycles. The average molecular weight is 489 g/mol. The molecular formula is C25H33FN4O3S. The first-order valence-electron chi connectivity index (χ1n) is 12.0. The molecule has 1 saturated heterocycles. The van der Waals surface area contributed by atoms with Gasteiger partial charge in [0, 0.05) is 37.3 Å². The van der Waals surface area contributed by atoms with E-state index in [9.17, 15) is 17.6 Å². The number of amides is 1. The fourth-order valence-corrected chi connectivity index (χ4v) is 6.13. The van der Waals surface area contributed by atoms with Gasteiger partial charge in [-0.1, -0.05) is 31.0 Å². The van der Waals surface area contributed by atoms with Crippen LogP contribution in [0.5, 0.6) is 0 Å². The van der Waals surface area contributed by atoms with Crippen molar-refractivity contribution in [3.63, 3.8) is 0 Å². The number of sulfonamides is 1. The normalized spacial score (nSPS) is 21.1. The van der Waals surface area contributed by atoms with Gasteiger partial charge in [0.25, 0.3) is 5.91 Å². The number of hydrazine groups is 1. The van der Waals surface area contributed by atoms with Gasteiger partial charge in [0.05, 0.1) is 4.90 Å². The second kappa shape index (κ2) is 10.9. The molecule has 2 aromatic rings. The first-order valence-corrected chi connectivity index (χ1v) is 13.4. The molecule has 34 heavy (non-hydrogen) atoms. The monoisotopic (exact) mass is 488 g/mol. The highest BCUT2D eigenvalue weighted by molar-refractivity contribution is 7.89. The number of carbonyl (C=O) groups excluding carboxylic acids is 1. The van der Waals surface area contributed by atoms with E-state index in [1.807, 2.05) is 6.07 Å². The third-order valence-electron chi connectivity index (χ3n) is 6.69. The molecule has 1 amide bonds. The fraction of sp³-hybridized carbons (Fsp3) is 0.480. The largest absolute Gasteiger partial charge is 0.342 e. The van der Waals surface area contributed by atoms with Gasteiger partial charge in [-0.05, 0) is 68.0 Å². The van der Waals surface area contributed by atoms with Crippen molar-refractivity contribution in [3.05, 3.63) is 65.5 Å². The van der Waals surface area contributed by atoms with E-state index in [0.717, 1.165) is 50.5 Å². The Kier molecular flexibility index (Phi) is 7.98. The number of hydrogen-bond acceptors (Lipinski definition) is 5. The molecule has 2 atom stereocenters. The molecule has 9 heteroatoms. The highest BCUT2D eigenvalue weighted by atomic mass is 32.2. The number of halogens is 1. The van der Waals surface area contributed by atoms with Crippen molar-refractivity contribution in [2.24, 2.45) is 0 Å². The predicted octanol–water partition coefficient (Wildman–Crippen LogP) is 3.51. The third-order valence-corrected chi connectivity index (χ3v) is 8.21. The third kappa shape index (κ3) is 6.21. The quantitative estimate of drug-likeness (QED) is 0.503. The van der Waals surface area contributed by atoms with Crippen molar-refractivity contribution >= 4 is 15.9 Å². The molecule has 2 unspecified atom stereocenters. The molecule has 1 aliphatic heterocycles. The predicted molar refractivity (Wildman–Crippen MR) is 129 cm³/mol. The van der Waals surface area contributed by atoms with Crippen LogP contribution in [0.4, 0.5) is 4.39 Å². The minimum absolute atomic E-state index is 0.0220. The Morgan fingerprint density at radius 1 is 1.12 bits per heavy atom. The summed E-state index contributed by atoms with van der Waals surface area (Å²) >= 11 is 0. The van der Waals surface area contributed by atoms with Gasteiger partial charge in [0.2, 0.25) is 10.0 Å². The molecule has 0 spiro atoms. The second-order valence-electron chi connectivity index (χ2n) is 9.33. The molecule has 2 aromatic carbocycles. The Bertz CT molecular complexity index is 1100. The van der Waals surface area contributed by atoms with E-state index >= 15 is 0 Å². The van der Waals surface area contributed by atoms with Crippen LogP contribution in [-0.2, 0) is 10.0 Å². The van der Waals surface area contributed by atoms with Crippen LogP contribution in [0, 0.1) is 5.82 Å². The highest BCUT2D eigenvalue weighted by Crippen LogP contribution is 2.25. The average Bonchev–Trinajstić information content (AvgIpc) is 3.51. The number of carbonyl (C=O) groups is 1. The molecule has 1 aliphatic carbocycles. The van der Waals surface area contributed by atoms with E-state index in [2.05, 4.69) is 15.6 Å². The Balaban J connectivity index is 1.27. The van der Waals surface area contributed by atoms with Crippen LogP contribution in [0.15, 0.2) is 53.4 Å². The van der Waals surface area contributed by atoms with Crippen LogP contribution in [0.2, 0.25) is 0 Å². The van der Waals surface area contributed by atoms with Crippen LogP contribution >= 0.6 is 0 Å². The zero-order valence-electron chi connectivity index (χ0n) is 19.5. The zero-order valence-corrected chi connectivity index (χ0v) is 20.3. The number of benzene rings is 2. The maximum atomic E-state index is 13.5. The second-order valence-corrected chi connectivity index (χ2v) is 11.0. The van der Waals surface area contributed by atoms with Crippen LogP contribution in [0.25, 0.3) is 0 Å². The Hall–Kier alpha value is -2.33. The topological polar surface area (TPSA) is 90.5 Å². The van der Waals surface area contributed by atoms with Crippen molar-refractivity contribution in [3.8, 4) is 0 Å². The van der Waals surface area contributed by atoms with E-state index in [1.165, 1.54) is 18.2 Å². The maximum absolute atomic E-state index is 13.5. The molecule has 2 fully saturated rings. The van der Waals surface area contributed by atoms with Gasteiger partial charge in [0.1, 0.15) is 5.82 Å². The molecule has 0 radical (unpaired) electrons. The summed E-state index contributed by atoms with van der Waals surface area (Å²) in [6.07, 6.45) is 6.27. The Morgan fingerprint density at radius 2 is 1.88 bits per heavy atom. The Labute approximate surface area is 201 Å². The van der Waals surface area contributed by atoms with Gasteiger partial charge in [0.15, 0.2) is 0 Å². The molecule has 2 aliphatic rings. The van der Waals surface area contributed by atoms with Gasteiger partial charge in [-0.3, -0.25) is 15.6 Å². The standard InChI is InChI=1S/C25H33FN4O3S/c1-30(14-6-12-22-17-24(28-27-22)18-7-4-9-20(26)15-18)25(31)19-8-5-13-23(16-19)34(32,33)29-21-10-2-3-11-21/h4-5,7-9,13,15-16,21-22,24,27-29H,2-3,6,10-12,14,17H2,1H3. The fourth-order valence-electron chi connectivity index (χ4n) is 4.78. The summed E-state index contributed by atoms with van der Waals surface area (Å²) in [5.74, 6) is -0.442. The molecule has 0 bridgehead atoms. The van der Waals surface area contributed by atoms with Gasteiger partial charge in [-0.15, -0.1) is 0 Å². The number of rotatable bonds is 9. The number of nitrogens with one attached hydrogen (secondary N) is 3. The smallest absolute Gasteiger partial charge is 0.253 e. The lowest BCUT2D eigenvalue weighted by Crippen LogP contribution is -2.33. The summed E-state index contributed by atoms with van der Waals surface area (Å²) in [4.78, 5) is 14.7. The van der Waals surface area contributed by atoms with Crippen LogP contribution < -0.4 is 15.6 Å². The van der Waals surface area contributed by atoms with Gasteiger partial charge < -0.3 is 4.90 Å². The molecule has 184 valence electrons. The molecule has 3 N–H and O–H groups in total. The van der Waals surface area contributed by atoms with E-state index < -0.39 is 10.0 Å². The van der Waals surface area contributed by atoms with Crippen LogP contribution in [0.1, 0.15) is 66.9 Å². The summed E-state index contributed by atoms with van der Waals surface area (Å²) in [6, 6.07) is 13.1. The number of hydrogen-bond donors (Lipinski definition) is 3.